The van der Waals surface area contributed by atoms with Gasteiger partial charge in [-0.25, -0.2) is 0 Å². The van der Waals surface area contributed by atoms with E-state index in [1.165, 1.54) is 0 Å². The standard InChI is InChI=1S/C19H26N4O2/c1-14(2)19-21-18(22-25-19)15-7-6-12-23(13-15)17(24)10-5-9-16-8-3-4-11-20-16/h3-4,8,11,14-15H,5-7,9-10,12-13H2,1-2H3. The molecule has 1 saturated heterocycles. The zero-order valence-electron chi connectivity index (χ0n) is 15.0. The number of rotatable bonds is 6. The summed E-state index contributed by atoms with van der Waals surface area (Å²) in [6, 6.07) is 5.89. The lowest BCUT2D eigenvalue weighted by molar-refractivity contribution is -0.132. The van der Waals surface area contributed by atoms with Crippen molar-refractivity contribution in [2.75, 3.05) is 13.1 Å². The Balaban J connectivity index is 1.50. The summed E-state index contributed by atoms with van der Waals surface area (Å²) < 4.78 is 5.32. The number of nitrogens with zero attached hydrogens (tertiary/aromatic N) is 4. The van der Waals surface area contributed by atoms with E-state index in [2.05, 4.69) is 15.1 Å². The summed E-state index contributed by atoms with van der Waals surface area (Å²) in [6.45, 7) is 5.60. The molecule has 1 atom stereocenters. The molecule has 6 heteroatoms. The summed E-state index contributed by atoms with van der Waals surface area (Å²) in [5.74, 6) is 2.05. The molecule has 2 aromatic heterocycles. The summed E-state index contributed by atoms with van der Waals surface area (Å²) in [6.07, 6.45) is 6.02. The van der Waals surface area contributed by atoms with Gasteiger partial charge in [-0.1, -0.05) is 25.1 Å². The number of pyridine rings is 1. The van der Waals surface area contributed by atoms with Crippen LogP contribution in [0.5, 0.6) is 0 Å². The van der Waals surface area contributed by atoms with Gasteiger partial charge in [0.15, 0.2) is 5.82 Å². The van der Waals surface area contributed by atoms with E-state index in [9.17, 15) is 4.79 Å². The number of aryl methyl sites for hydroxylation is 1. The van der Waals surface area contributed by atoms with Crippen molar-refractivity contribution in [1.82, 2.24) is 20.0 Å². The molecule has 1 aliphatic rings. The predicted molar refractivity (Wildman–Crippen MR) is 94.1 cm³/mol. The largest absolute Gasteiger partial charge is 0.342 e. The smallest absolute Gasteiger partial charge is 0.229 e. The van der Waals surface area contributed by atoms with Crippen molar-refractivity contribution in [3.63, 3.8) is 0 Å². The van der Waals surface area contributed by atoms with Crippen molar-refractivity contribution in [2.24, 2.45) is 0 Å². The van der Waals surface area contributed by atoms with Gasteiger partial charge in [-0.05, 0) is 37.8 Å². The van der Waals surface area contributed by atoms with E-state index in [1.54, 1.807) is 6.20 Å². The lowest BCUT2D eigenvalue weighted by Gasteiger charge is -2.31. The summed E-state index contributed by atoms with van der Waals surface area (Å²) in [7, 11) is 0. The van der Waals surface area contributed by atoms with Crippen molar-refractivity contribution in [3.05, 3.63) is 41.8 Å². The van der Waals surface area contributed by atoms with E-state index in [0.29, 0.717) is 18.9 Å². The van der Waals surface area contributed by atoms with Crippen molar-refractivity contribution in [2.45, 2.75) is 57.8 Å². The number of carbonyl (C=O) groups excluding carboxylic acids is 1. The maximum atomic E-state index is 12.5. The first-order valence-electron chi connectivity index (χ1n) is 9.14. The summed E-state index contributed by atoms with van der Waals surface area (Å²) in [4.78, 5) is 23.3. The van der Waals surface area contributed by atoms with Crippen LogP contribution in [0.1, 0.15) is 68.8 Å². The first kappa shape index (κ1) is 17.6. The predicted octanol–water partition coefficient (Wildman–Crippen LogP) is 3.32. The Morgan fingerprint density at radius 2 is 2.28 bits per heavy atom. The zero-order chi connectivity index (χ0) is 17.6. The van der Waals surface area contributed by atoms with E-state index in [1.807, 2.05) is 36.9 Å². The lowest BCUT2D eigenvalue weighted by Crippen LogP contribution is -2.39. The fourth-order valence-corrected chi connectivity index (χ4v) is 3.19. The van der Waals surface area contributed by atoms with Crippen LogP contribution in [0.2, 0.25) is 0 Å². The first-order chi connectivity index (χ1) is 12.1. The Morgan fingerprint density at radius 3 is 3.00 bits per heavy atom. The quantitative estimate of drug-likeness (QED) is 0.805. The average Bonchev–Trinajstić information content (AvgIpc) is 3.13. The highest BCUT2D eigenvalue weighted by Crippen LogP contribution is 2.26. The molecule has 134 valence electrons. The van der Waals surface area contributed by atoms with E-state index in [4.69, 9.17) is 4.52 Å². The Labute approximate surface area is 148 Å². The van der Waals surface area contributed by atoms with Gasteiger partial charge in [0.05, 0.1) is 0 Å². The van der Waals surface area contributed by atoms with Crippen LogP contribution in [-0.4, -0.2) is 39.0 Å². The highest BCUT2D eigenvalue weighted by molar-refractivity contribution is 5.76. The van der Waals surface area contributed by atoms with E-state index >= 15 is 0 Å². The second kappa shape index (κ2) is 8.23. The second-order valence-corrected chi connectivity index (χ2v) is 7.00. The highest BCUT2D eigenvalue weighted by atomic mass is 16.5. The molecule has 2 aromatic rings. The fraction of sp³-hybridized carbons (Fsp3) is 0.579. The minimum atomic E-state index is 0.185. The third-order valence-electron chi connectivity index (χ3n) is 4.64. The van der Waals surface area contributed by atoms with E-state index < -0.39 is 0 Å². The molecule has 6 nitrogen and oxygen atoms in total. The van der Waals surface area contributed by atoms with Crippen molar-refractivity contribution < 1.29 is 9.32 Å². The topological polar surface area (TPSA) is 72.1 Å². The Hall–Kier alpha value is -2.24. The normalized spacial score (nSPS) is 17.9. The molecule has 0 saturated carbocycles. The number of aromatic nitrogens is 3. The Kier molecular flexibility index (Phi) is 5.79. The third kappa shape index (κ3) is 4.65. The van der Waals surface area contributed by atoms with Gasteiger partial charge >= 0.3 is 0 Å². The molecule has 3 rings (SSSR count). The number of hydrogen-bond donors (Lipinski definition) is 0. The third-order valence-corrected chi connectivity index (χ3v) is 4.64. The maximum absolute atomic E-state index is 12.5. The average molecular weight is 342 g/mol. The van der Waals surface area contributed by atoms with Gasteiger partial charge in [0, 0.05) is 43.2 Å². The molecular formula is C19H26N4O2. The van der Waals surface area contributed by atoms with Gasteiger partial charge < -0.3 is 9.42 Å². The van der Waals surface area contributed by atoms with Crippen LogP contribution in [0.3, 0.4) is 0 Å². The second-order valence-electron chi connectivity index (χ2n) is 7.00. The van der Waals surface area contributed by atoms with Crippen molar-refractivity contribution in [3.8, 4) is 0 Å². The van der Waals surface area contributed by atoms with Gasteiger partial charge in [-0.3, -0.25) is 9.78 Å². The summed E-state index contributed by atoms with van der Waals surface area (Å²) in [5.41, 5.74) is 1.04. The number of amides is 1. The molecule has 0 spiro atoms. The maximum Gasteiger partial charge on any atom is 0.229 e. The molecule has 0 bridgehead atoms. The monoisotopic (exact) mass is 342 g/mol. The molecule has 0 N–H and O–H groups in total. The van der Waals surface area contributed by atoms with Crippen LogP contribution in [0, 0.1) is 0 Å². The van der Waals surface area contributed by atoms with Crippen LogP contribution in [-0.2, 0) is 11.2 Å². The van der Waals surface area contributed by atoms with Gasteiger partial charge in [-0.15, -0.1) is 0 Å². The van der Waals surface area contributed by atoms with Gasteiger partial charge in [0.25, 0.3) is 0 Å². The lowest BCUT2D eigenvalue weighted by atomic mass is 9.97. The molecule has 3 heterocycles. The Morgan fingerprint density at radius 1 is 1.40 bits per heavy atom. The van der Waals surface area contributed by atoms with E-state index in [0.717, 1.165) is 43.7 Å². The highest BCUT2D eigenvalue weighted by Gasteiger charge is 2.28. The van der Waals surface area contributed by atoms with Crippen LogP contribution in [0.15, 0.2) is 28.9 Å². The van der Waals surface area contributed by atoms with Crippen LogP contribution in [0.4, 0.5) is 0 Å². The molecule has 1 amide bonds. The molecule has 25 heavy (non-hydrogen) atoms. The van der Waals surface area contributed by atoms with Gasteiger partial charge in [-0.2, -0.15) is 4.98 Å². The molecule has 1 aliphatic heterocycles. The molecule has 1 unspecified atom stereocenters. The van der Waals surface area contributed by atoms with Crippen molar-refractivity contribution >= 4 is 5.91 Å². The van der Waals surface area contributed by atoms with Crippen molar-refractivity contribution in [1.29, 1.82) is 0 Å². The molecule has 0 radical (unpaired) electrons. The number of carbonyl (C=O) groups is 1. The molecule has 0 aliphatic carbocycles. The Bertz CT molecular complexity index is 684. The zero-order valence-corrected chi connectivity index (χ0v) is 15.0. The summed E-state index contributed by atoms with van der Waals surface area (Å²) >= 11 is 0. The minimum absolute atomic E-state index is 0.185. The number of hydrogen-bond acceptors (Lipinski definition) is 5. The fourth-order valence-electron chi connectivity index (χ4n) is 3.19. The van der Waals surface area contributed by atoms with E-state index in [-0.39, 0.29) is 17.7 Å². The van der Waals surface area contributed by atoms with Gasteiger partial charge in [0.1, 0.15) is 0 Å². The SMILES string of the molecule is CC(C)c1nc(C2CCCN(C(=O)CCCc3ccccn3)C2)no1. The van der Waals surface area contributed by atoms with Crippen LogP contribution in [0.25, 0.3) is 0 Å². The number of likely N-dealkylation sites (tertiary alicyclic amines) is 1. The summed E-state index contributed by atoms with van der Waals surface area (Å²) in [5, 5.41) is 4.12. The molecular weight excluding hydrogens is 316 g/mol. The van der Waals surface area contributed by atoms with Crippen LogP contribution >= 0.6 is 0 Å². The first-order valence-corrected chi connectivity index (χ1v) is 9.14. The van der Waals surface area contributed by atoms with Crippen LogP contribution < -0.4 is 0 Å². The minimum Gasteiger partial charge on any atom is -0.342 e. The molecule has 0 aromatic carbocycles. The molecule has 1 fully saturated rings. The number of piperidine rings is 1. The van der Waals surface area contributed by atoms with Gasteiger partial charge in [0.2, 0.25) is 11.8 Å².